The molecule has 0 aromatic heterocycles. The molecular formula is C24H35N3O3. The minimum Gasteiger partial charge on any atom is -0.378 e. The van der Waals surface area contributed by atoms with Crippen LogP contribution in [0.1, 0.15) is 57.8 Å². The fourth-order valence-corrected chi connectivity index (χ4v) is 4.97. The number of para-hydroxylation sites is 1. The molecule has 1 N–H and O–H groups in total. The van der Waals surface area contributed by atoms with Crippen molar-refractivity contribution in [3.63, 3.8) is 0 Å². The number of carbonyl (C=O) groups excluding carboxylic acids is 2. The van der Waals surface area contributed by atoms with Crippen molar-refractivity contribution in [3.8, 4) is 0 Å². The lowest BCUT2D eigenvalue weighted by Gasteiger charge is -2.36. The van der Waals surface area contributed by atoms with Gasteiger partial charge >= 0.3 is 6.03 Å². The lowest BCUT2D eigenvalue weighted by molar-refractivity contribution is -0.121. The van der Waals surface area contributed by atoms with Crippen LogP contribution in [0.15, 0.2) is 30.3 Å². The standard InChI is InChI=1S/C24H35N3O3/c28-23-22(12-7-15-27(23)20-10-5-2-6-11-20)25-24(29)26-16-13-21(14-17-26)30-18-19-8-3-1-4-9-19/h2,5-6,10-11,19,21-22H,1,3-4,7-9,12-18H2,(H,25,29). The van der Waals surface area contributed by atoms with E-state index in [0.717, 1.165) is 37.5 Å². The van der Waals surface area contributed by atoms with Crippen LogP contribution in [-0.2, 0) is 9.53 Å². The second-order valence-electron chi connectivity index (χ2n) is 8.99. The van der Waals surface area contributed by atoms with E-state index in [-0.39, 0.29) is 18.0 Å². The number of ether oxygens (including phenoxy) is 1. The average molecular weight is 414 g/mol. The normalized spacial score (nSPS) is 24.1. The molecule has 30 heavy (non-hydrogen) atoms. The Bertz CT molecular complexity index is 697. The molecule has 2 heterocycles. The van der Waals surface area contributed by atoms with Crippen molar-refractivity contribution in [2.45, 2.75) is 69.9 Å². The fourth-order valence-electron chi connectivity index (χ4n) is 4.97. The SMILES string of the molecule is O=C(NC1CCCN(c2ccccc2)C1=O)N1CCC(OCC2CCCCC2)CC1. The van der Waals surface area contributed by atoms with Crippen LogP contribution >= 0.6 is 0 Å². The molecule has 1 aromatic rings. The number of amides is 3. The second kappa shape index (κ2) is 10.3. The van der Waals surface area contributed by atoms with Crippen molar-refractivity contribution in [1.29, 1.82) is 0 Å². The maximum atomic E-state index is 12.9. The molecule has 6 heteroatoms. The molecular weight excluding hydrogens is 378 g/mol. The summed E-state index contributed by atoms with van der Waals surface area (Å²) in [4.78, 5) is 29.3. The van der Waals surface area contributed by atoms with Crippen molar-refractivity contribution < 1.29 is 14.3 Å². The first-order valence-corrected chi connectivity index (χ1v) is 11.7. The summed E-state index contributed by atoms with van der Waals surface area (Å²) in [6.45, 7) is 2.98. The topological polar surface area (TPSA) is 61.9 Å². The Balaban J connectivity index is 1.22. The van der Waals surface area contributed by atoms with E-state index < -0.39 is 6.04 Å². The van der Waals surface area contributed by atoms with Crippen LogP contribution in [-0.4, -0.2) is 55.2 Å². The molecule has 2 saturated heterocycles. The number of hydrogen-bond acceptors (Lipinski definition) is 3. The first-order chi connectivity index (χ1) is 14.7. The van der Waals surface area contributed by atoms with Gasteiger partial charge in [-0.2, -0.15) is 0 Å². The Hall–Kier alpha value is -2.08. The fraction of sp³-hybridized carbons (Fsp3) is 0.667. The van der Waals surface area contributed by atoms with Crippen LogP contribution in [0.5, 0.6) is 0 Å². The summed E-state index contributed by atoms with van der Waals surface area (Å²) in [6.07, 6.45) is 10.3. The highest BCUT2D eigenvalue weighted by Gasteiger charge is 2.33. The smallest absolute Gasteiger partial charge is 0.318 e. The monoisotopic (exact) mass is 413 g/mol. The zero-order valence-corrected chi connectivity index (χ0v) is 17.9. The van der Waals surface area contributed by atoms with E-state index in [4.69, 9.17) is 4.74 Å². The maximum Gasteiger partial charge on any atom is 0.318 e. The van der Waals surface area contributed by atoms with Crippen molar-refractivity contribution in [2.24, 2.45) is 5.92 Å². The Morgan fingerprint density at radius 2 is 1.67 bits per heavy atom. The predicted octanol–water partition coefficient (Wildman–Crippen LogP) is 3.95. The molecule has 3 amide bonds. The van der Waals surface area contributed by atoms with Crippen LogP contribution in [0.3, 0.4) is 0 Å². The van der Waals surface area contributed by atoms with Gasteiger partial charge in [0.2, 0.25) is 5.91 Å². The zero-order chi connectivity index (χ0) is 20.8. The molecule has 0 radical (unpaired) electrons. The Kier molecular flexibility index (Phi) is 7.26. The third-order valence-corrected chi connectivity index (χ3v) is 6.83. The van der Waals surface area contributed by atoms with Gasteiger partial charge < -0.3 is 19.9 Å². The number of nitrogens with zero attached hydrogens (tertiary/aromatic N) is 2. The number of nitrogens with one attached hydrogen (secondary N) is 1. The van der Waals surface area contributed by atoms with Gasteiger partial charge in [-0.15, -0.1) is 0 Å². The van der Waals surface area contributed by atoms with Gasteiger partial charge in [-0.05, 0) is 56.6 Å². The number of rotatable bonds is 5. The van der Waals surface area contributed by atoms with Crippen molar-refractivity contribution in [1.82, 2.24) is 10.2 Å². The molecule has 3 aliphatic rings. The summed E-state index contributed by atoms with van der Waals surface area (Å²) >= 11 is 0. The molecule has 0 bridgehead atoms. The van der Waals surface area contributed by atoms with Crippen LogP contribution in [0.2, 0.25) is 0 Å². The Morgan fingerprint density at radius 1 is 0.933 bits per heavy atom. The van der Waals surface area contributed by atoms with Crippen LogP contribution in [0.4, 0.5) is 10.5 Å². The third-order valence-electron chi connectivity index (χ3n) is 6.83. The number of piperidine rings is 2. The van der Waals surface area contributed by atoms with Crippen molar-refractivity contribution in [3.05, 3.63) is 30.3 Å². The molecule has 3 fully saturated rings. The summed E-state index contributed by atoms with van der Waals surface area (Å²) in [5.41, 5.74) is 0.900. The van der Waals surface area contributed by atoms with Gasteiger partial charge in [0.25, 0.3) is 0 Å². The Labute approximate surface area is 179 Å². The first kappa shape index (κ1) is 21.2. The molecule has 1 unspecified atom stereocenters. The van der Waals surface area contributed by atoms with Crippen LogP contribution < -0.4 is 10.2 Å². The van der Waals surface area contributed by atoms with Gasteiger partial charge in [0.15, 0.2) is 0 Å². The maximum absolute atomic E-state index is 12.9. The number of benzene rings is 1. The second-order valence-corrected chi connectivity index (χ2v) is 8.99. The van der Waals surface area contributed by atoms with Gasteiger partial charge in [-0.3, -0.25) is 4.79 Å². The van der Waals surface area contributed by atoms with E-state index in [0.29, 0.717) is 26.1 Å². The van der Waals surface area contributed by atoms with Gasteiger partial charge in [-0.25, -0.2) is 4.79 Å². The predicted molar refractivity (Wildman–Crippen MR) is 117 cm³/mol. The molecule has 6 nitrogen and oxygen atoms in total. The highest BCUT2D eigenvalue weighted by molar-refractivity contribution is 5.99. The first-order valence-electron chi connectivity index (χ1n) is 11.7. The highest BCUT2D eigenvalue weighted by Crippen LogP contribution is 2.25. The van der Waals surface area contributed by atoms with E-state index in [9.17, 15) is 9.59 Å². The molecule has 2 aliphatic heterocycles. The summed E-state index contributed by atoms with van der Waals surface area (Å²) in [7, 11) is 0. The van der Waals surface area contributed by atoms with E-state index in [1.54, 1.807) is 4.90 Å². The van der Waals surface area contributed by atoms with Crippen molar-refractivity contribution in [2.75, 3.05) is 31.1 Å². The van der Waals surface area contributed by atoms with Crippen LogP contribution in [0.25, 0.3) is 0 Å². The van der Waals surface area contributed by atoms with E-state index in [1.807, 2.05) is 35.2 Å². The lowest BCUT2D eigenvalue weighted by atomic mass is 9.90. The molecule has 1 aromatic carbocycles. The molecule has 0 spiro atoms. The minimum absolute atomic E-state index is 0.00787. The third kappa shape index (κ3) is 5.34. The average Bonchev–Trinajstić information content (AvgIpc) is 2.80. The minimum atomic E-state index is -0.438. The summed E-state index contributed by atoms with van der Waals surface area (Å²) in [5, 5.41) is 2.99. The summed E-state index contributed by atoms with van der Waals surface area (Å²) in [6, 6.07) is 9.15. The van der Waals surface area contributed by atoms with Crippen molar-refractivity contribution >= 4 is 17.6 Å². The molecule has 1 atom stereocenters. The number of carbonyl (C=O) groups is 2. The number of urea groups is 1. The highest BCUT2D eigenvalue weighted by atomic mass is 16.5. The van der Waals surface area contributed by atoms with Gasteiger partial charge in [0.1, 0.15) is 6.04 Å². The summed E-state index contributed by atoms with van der Waals surface area (Å²) in [5.74, 6) is 0.719. The number of hydrogen-bond donors (Lipinski definition) is 1. The molecule has 1 saturated carbocycles. The van der Waals surface area contributed by atoms with Crippen LogP contribution in [0, 0.1) is 5.92 Å². The van der Waals surface area contributed by atoms with E-state index in [2.05, 4.69) is 5.32 Å². The molecule has 164 valence electrons. The quantitative estimate of drug-likeness (QED) is 0.795. The molecule has 4 rings (SSSR count). The van der Waals surface area contributed by atoms with Gasteiger partial charge in [0, 0.05) is 31.9 Å². The van der Waals surface area contributed by atoms with Gasteiger partial charge in [-0.1, -0.05) is 37.5 Å². The lowest BCUT2D eigenvalue weighted by Crippen LogP contribution is -2.56. The number of anilines is 1. The number of likely N-dealkylation sites (tertiary alicyclic amines) is 1. The van der Waals surface area contributed by atoms with Gasteiger partial charge in [0.05, 0.1) is 6.10 Å². The largest absolute Gasteiger partial charge is 0.378 e. The summed E-state index contributed by atoms with van der Waals surface area (Å²) < 4.78 is 6.16. The van der Waals surface area contributed by atoms with E-state index >= 15 is 0 Å². The zero-order valence-electron chi connectivity index (χ0n) is 17.9. The van der Waals surface area contributed by atoms with E-state index in [1.165, 1.54) is 32.1 Å². The molecule has 1 aliphatic carbocycles. The Morgan fingerprint density at radius 3 is 2.40 bits per heavy atom.